The second-order valence-electron chi connectivity index (χ2n) is 6.85. The van der Waals surface area contributed by atoms with Crippen LogP contribution in [0, 0.1) is 0 Å². The summed E-state index contributed by atoms with van der Waals surface area (Å²) < 4.78 is 10.2. The molecule has 7 heteroatoms. The summed E-state index contributed by atoms with van der Waals surface area (Å²) in [6.07, 6.45) is -1.11. The van der Waals surface area contributed by atoms with Gasteiger partial charge in [0.15, 0.2) is 0 Å². The Hall–Kier alpha value is -2.05. The molecule has 22 heavy (non-hydrogen) atoms. The van der Waals surface area contributed by atoms with E-state index in [-0.39, 0.29) is 12.0 Å². The van der Waals surface area contributed by atoms with Crippen LogP contribution in [0.25, 0.3) is 0 Å². The van der Waals surface area contributed by atoms with Crippen LogP contribution in [0.1, 0.15) is 48.0 Å². The summed E-state index contributed by atoms with van der Waals surface area (Å²) in [6.45, 7) is 13.4. The molecule has 0 aliphatic rings. The van der Waals surface area contributed by atoms with Crippen molar-refractivity contribution in [3.63, 3.8) is 0 Å². The van der Waals surface area contributed by atoms with Crippen molar-refractivity contribution in [1.82, 2.24) is 5.32 Å². The Bertz CT molecular complexity index is 456. The number of rotatable bonds is 5. The summed E-state index contributed by atoms with van der Waals surface area (Å²) >= 11 is 0. The van der Waals surface area contributed by atoms with Gasteiger partial charge < -0.3 is 19.9 Å². The molecule has 0 heterocycles. The van der Waals surface area contributed by atoms with Gasteiger partial charge in [0, 0.05) is 12.0 Å². The van der Waals surface area contributed by atoms with Crippen LogP contribution in [-0.4, -0.2) is 40.4 Å². The molecule has 1 atom stereocenters. The number of amides is 1. The number of carboxylic acid groups (broad SMARTS) is 1. The van der Waals surface area contributed by atoms with Crippen LogP contribution in [0.3, 0.4) is 0 Å². The Morgan fingerprint density at radius 1 is 1.05 bits per heavy atom. The predicted molar refractivity (Wildman–Crippen MR) is 80.4 cm³/mol. The summed E-state index contributed by atoms with van der Waals surface area (Å²) in [7, 11) is 0. The first kappa shape index (κ1) is 19.9. The van der Waals surface area contributed by atoms with Crippen molar-refractivity contribution in [3.05, 3.63) is 12.2 Å². The van der Waals surface area contributed by atoms with Gasteiger partial charge >= 0.3 is 18.0 Å². The Morgan fingerprint density at radius 3 is 1.86 bits per heavy atom. The molecule has 1 amide bonds. The second kappa shape index (κ2) is 7.29. The van der Waals surface area contributed by atoms with E-state index in [1.807, 2.05) is 0 Å². The third kappa shape index (κ3) is 8.99. The minimum atomic E-state index is -1.25. The van der Waals surface area contributed by atoms with E-state index in [2.05, 4.69) is 11.9 Å². The number of esters is 1. The number of carbonyl (C=O) groups is 3. The molecule has 0 aliphatic heterocycles. The summed E-state index contributed by atoms with van der Waals surface area (Å²) in [5.74, 6) is -2.00. The van der Waals surface area contributed by atoms with Gasteiger partial charge in [-0.3, -0.25) is 0 Å². The first-order chi connectivity index (χ1) is 9.71. The van der Waals surface area contributed by atoms with Gasteiger partial charge in [0.1, 0.15) is 17.2 Å². The minimum Gasteiger partial charge on any atom is -0.478 e. The fraction of sp³-hybridized carbons (Fsp3) is 0.667. The summed E-state index contributed by atoms with van der Waals surface area (Å²) in [5, 5.41) is 11.2. The van der Waals surface area contributed by atoms with Crippen LogP contribution in [0.5, 0.6) is 0 Å². The van der Waals surface area contributed by atoms with Gasteiger partial charge in [-0.25, -0.2) is 14.4 Å². The number of nitrogens with one attached hydrogen (secondary N) is 1. The van der Waals surface area contributed by atoms with Gasteiger partial charge in [-0.1, -0.05) is 6.58 Å². The number of carbonyl (C=O) groups excluding carboxylic acids is 2. The van der Waals surface area contributed by atoms with Crippen LogP contribution >= 0.6 is 0 Å². The zero-order valence-electron chi connectivity index (χ0n) is 14.0. The monoisotopic (exact) mass is 315 g/mol. The topological polar surface area (TPSA) is 102 Å². The Morgan fingerprint density at radius 2 is 1.50 bits per heavy atom. The third-order valence-electron chi connectivity index (χ3n) is 2.14. The zero-order chi connectivity index (χ0) is 17.7. The molecule has 1 unspecified atom stereocenters. The molecule has 0 fully saturated rings. The Kier molecular flexibility index (Phi) is 6.61. The lowest BCUT2D eigenvalue weighted by Crippen LogP contribution is -2.46. The molecule has 0 bridgehead atoms. The summed E-state index contributed by atoms with van der Waals surface area (Å²) in [4.78, 5) is 34.7. The Balaban J connectivity index is 5.01. The molecule has 7 nitrogen and oxygen atoms in total. The van der Waals surface area contributed by atoms with Crippen LogP contribution in [-0.2, 0) is 19.1 Å². The van der Waals surface area contributed by atoms with Gasteiger partial charge in [0.2, 0.25) is 0 Å². The highest BCUT2D eigenvalue weighted by atomic mass is 16.6. The molecular formula is C15H25NO6. The van der Waals surface area contributed by atoms with Gasteiger partial charge in [0.05, 0.1) is 0 Å². The van der Waals surface area contributed by atoms with E-state index in [9.17, 15) is 14.4 Å². The number of carboxylic acids is 1. The number of ether oxygens (including phenoxy) is 2. The van der Waals surface area contributed by atoms with Crippen molar-refractivity contribution in [2.75, 3.05) is 0 Å². The smallest absolute Gasteiger partial charge is 0.408 e. The maximum absolute atomic E-state index is 12.1. The molecule has 0 aromatic carbocycles. The molecule has 126 valence electrons. The highest BCUT2D eigenvalue weighted by molar-refractivity contribution is 5.89. The standard InChI is InChI=1S/C15H25NO6/c1-9(11(17)18)8-10(12(19)21-14(2,3)4)16-13(20)22-15(5,6)7/h10H,1,8H2,2-7H3,(H,16,20)(H,17,18). The van der Waals surface area contributed by atoms with E-state index in [0.717, 1.165) is 0 Å². The SMILES string of the molecule is C=C(CC(NC(=O)OC(C)(C)C)C(=O)OC(C)(C)C)C(=O)O. The first-order valence-corrected chi connectivity index (χ1v) is 6.85. The molecule has 0 rings (SSSR count). The Labute approximate surface area is 130 Å². The van der Waals surface area contributed by atoms with Gasteiger partial charge in [-0.15, -0.1) is 0 Å². The quantitative estimate of drug-likeness (QED) is 0.596. The molecule has 0 aromatic heterocycles. The van der Waals surface area contributed by atoms with Crippen molar-refractivity contribution in [1.29, 1.82) is 0 Å². The lowest BCUT2D eigenvalue weighted by atomic mass is 10.1. The highest BCUT2D eigenvalue weighted by Crippen LogP contribution is 2.14. The molecular weight excluding hydrogens is 290 g/mol. The molecule has 0 aromatic rings. The molecule has 0 aliphatic carbocycles. The van der Waals surface area contributed by atoms with Crippen molar-refractivity contribution in [2.24, 2.45) is 0 Å². The van der Waals surface area contributed by atoms with Gasteiger partial charge in [0.25, 0.3) is 0 Å². The van der Waals surface area contributed by atoms with E-state index in [4.69, 9.17) is 14.6 Å². The number of hydrogen-bond acceptors (Lipinski definition) is 5. The molecule has 0 saturated carbocycles. The van der Waals surface area contributed by atoms with Crippen LogP contribution in [0.2, 0.25) is 0 Å². The fourth-order valence-corrected chi connectivity index (χ4v) is 1.35. The minimum absolute atomic E-state index is 0.216. The van der Waals surface area contributed by atoms with E-state index in [0.29, 0.717) is 0 Å². The molecule has 0 spiro atoms. The van der Waals surface area contributed by atoms with Crippen LogP contribution < -0.4 is 5.32 Å². The predicted octanol–water partition coefficient (Wildman–Crippen LogP) is 2.25. The van der Waals surface area contributed by atoms with Crippen molar-refractivity contribution in [2.45, 2.75) is 65.2 Å². The third-order valence-corrected chi connectivity index (χ3v) is 2.14. The van der Waals surface area contributed by atoms with Gasteiger partial charge in [-0.05, 0) is 41.5 Å². The van der Waals surface area contributed by atoms with Gasteiger partial charge in [-0.2, -0.15) is 0 Å². The summed E-state index contributed by atoms with van der Waals surface area (Å²) in [5.41, 5.74) is -1.73. The van der Waals surface area contributed by atoms with Crippen LogP contribution in [0.4, 0.5) is 4.79 Å². The van der Waals surface area contributed by atoms with Crippen molar-refractivity contribution >= 4 is 18.0 Å². The number of hydrogen-bond donors (Lipinski definition) is 2. The average Bonchev–Trinajstić information content (AvgIpc) is 2.22. The first-order valence-electron chi connectivity index (χ1n) is 6.85. The maximum Gasteiger partial charge on any atom is 0.408 e. The second-order valence-corrected chi connectivity index (χ2v) is 6.85. The largest absolute Gasteiger partial charge is 0.478 e. The number of alkyl carbamates (subject to hydrolysis) is 1. The molecule has 2 N–H and O–H groups in total. The van der Waals surface area contributed by atoms with E-state index in [1.54, 1.807) is 41.5 Å². The van der Waals surface area contributed by atoms with Crippen molar-refractivity contribution < 1.29 is 29.0 Å². The van der Waals surface area contributed by atoms with Crippen LogP contribution in [0.15, 0.2) is 12.2 Å². The van der Waals surface area contributed by atoms with Crippen molar-refractivity contribution in [3.8, 4) is 0 Å². The fourth-order valence-electron chi connectivity index (χ4n) is 1.35. The molecule has 0 radical (unpaired) electrons. The maximum atomic E-state index is 12.1. The normalized spacial score (nSPS) is 13.0. The molecule has 0 saturated heterocycles. The highest BCUT2D eigenvalue weighted by Gasteiger charge is 2.30. The lowest BCUT2D eigenvalue weighted by molar-refractivity contribution is -0.157. The van der Waals surface area contributed by atoms with E-state index in [1.165, 1.54) is 0 Å². The average molecular weight is 315 g/mol. The zero-order valence-corrected chi connectivity index (χ0v) is 14.0. The number of aliphatic carboxylic acids is 1. The van der Waals surface area contributed by atoms with E-state index < -0.39 is 35.3 Å². The lowest BCUT2D eigenvalue weighted by Gasteiger charge is -2.26. The summed E-state index contributed by atoms with van der Waals surface area (Å²) in [6, 6.07) is -1.18. The van der Waals surface area contributed by atoms with E-state index >= 15 is 0 Å².